The van der Waals surface area contributed by atoms with Gasteiger partial charge < -0.3 is 5.32 Å². The molecular weight excluding hydrogens is 323 g/mol. The molecular formula is C15H10F3N5O. The first-order valence-electron chi connectivity index (χ1n) is 6.75. The Morgan fingerprint density at radius 3 is 2.58 bits per heavy atom. The Morgan fingerprint density at radius 2 is 1.88 bits per heavy atom. The van der Waals surface area contributed by atoms with Crippen molar-refractivity contribution in [3.05, 3.63) is 66.0 Å². The van der Waals surface area contributed by atoms with Gasteiger partial charge in [0, 0.05) is 11.3 Å². The Morgan fingerprint density at radius 1 is 1.08 bits per heavy atom. The lowest BCUT2D eigenvalue weighted by molar-refractivity contribution is -0.137. The lowest BCUT2D eigenvalue weighted by atomic mass is 10.1. The standard InChI is InChI=1S/C15H10F3N5O/c16-15(17,18)11-4-2-5-12(8-11)20-14(24)10-3-1-6-13(7-10)23-9-19-21-22-23/h1-9H,(H,20,24). The number of nitrogens with zero attached hydrogens (tertiary/aromatic N) is 4. The van der Waals surface area contributed by atoms with E-state index in [9.17, 15) is 18.0 Å². The first-order chi connectivity index (χ1) is 11.4. The van der Waals surface area contributed by atoms with Crippen LogP contribution in [0.3, 0.4) is 0 Å². The quantitative estimate of drug-likeness (QED) is 0.800. The molecule has 1 heterocycles. The van der Waals surface area contributed by atoms with E-state index < -0.39 is 17.6 Å². The van der Waals surface area contributed by atoms with Gasteiger partial charge in [-0.15, -0.1) is 5.10 Å². The second-order valence-corrected chi connectivity index (χ2v) is 4.84. The molecule has 3 aromatic rings. The molecule has 0 spiro atoms. The molecule has 0 radical (unpaired) electrons. The van der Waals surface area contributed by atoms with Crippen LogP contribution in [0.5, 0.6) is 0 Å². The lowest BCUT2D eigenvalue weighted by Gasteiger charge is -2.10. The minimum absolute atomic E-state index is 0.0580. The van der Waals surface area contributed by atoms with Crippen molar-refractivity contribution >= 4 is 11.6 Å². The molecule has 0 unspecified atom stereocenters. The first kappa shape index (κ1) is 15.7. The molecule has 0 aliphatic rings. The predicted octanol–water partition coefficient (Wildman–Crippen LogP) is 2.93. The highest BCUT2D eigenvalue weighted by molar-refractivity contribution is 6.04. The number of hydrogen-bond acceptors (Lipinski definition) is 4. The van der Waals surface area contributed by atoms with Gasteiger partial charge >= 0.3 is 6.18 Å². The van der Waals surface area contributed by atoms with Gasteiger partial charge in [0.1, 0.15) is 6.33 Å². The van der Waals surface area contributed by atoms with Crippen LogP contribution in [0.4, 0.5) is 18.9 Å². The monoisotopic (exact) mass is 333 g/mol. The van der Waals surface area contributed by atoms with Crippen LogP contribution < -0.4 is 5.32 Å². The van der Waals surface area contributed by atoms with Crippen molar-refractivity contribution in [2.45, 2.75) is 6.18 Å². The van der Waals surface area contributed by atoms with E-state index in [0.717, 1.165) is 12.1 Å². The minimum Gasteiger partial charge on any atom is -0.322 e. The van der Waals surface area contributed by atoms with E-state index in [1.807, 2.05) is 0 Å². The molecule has 2 aromatic carbocycles. The van der Waals surface area contributed by atoms with Crippen molar-refractivity contribution in [1.29, 1.82) is 0 Å². The smallest absolute Gasteiger partial charge is 0.322 e. The van der Waals surface area contributed by atoms with E-state index >= 15 is 0 Å². The summed E-state index contributed by atoms with van der Waals surface area (Å²) in [7, 11) is 0. The molecule has 6 nitrogen and oxygen atoms in total. The van der Waals surface area contributed by atoms with Gasteiger partial charge in [-0.2, -0.15) is 13.2 Å². The number of aromatic nitrogens is 4. The molecule has 9 heteroatoms. The van der Waals surface area contributed by atoms with Crippen LogP contribution in [0.2, 0.25) is 0 Å². The molecule has 0 bridgehead atoms. The summed E-state index contributed by atoms with van der Waals surface area (Å²) in [5.41, 5.74) is 0.0440. The third kappa shape index (κ3) is 3.40. The molecule has 0 aliphatic carbocycles. The van der Waals surface area contributed by atoms with Gasteiger partial charge in [0.05, 0.1) is 11.3 Å². The van der Waals surface area contributed by atoms with E-state index in [2.05, 4.69) is 20.8 Å². The van der Waals surface area contributed by atoms with E-state index in [-0.39, 0.29) is 11.3 Å². The van der Waals surface area contributed by atoms with Crippen molar-refractivity contribution in [1.82, 2.24) is 20.2 Å². The predicted molar refractivity (Wildman–Crippen MR) is 78.6 cm³/mol. The summed E-state index contributed by atoms with van der Waals surface area (Å²) in [4.78, 5) is 12.2. The largest absolute Gasteiger partial charge is 0.416 e. The summed E-state index contributed by atoms with van der Waals surface area (Å²) in [5.74, 6) is -0.538. The fraction of sp³-hybridized carbons (Fsp3) is 0.0667. The average Bonchev–Trinajstić information content (AvgIpc) is 3.09. The van der Waals surface area contributed by atoms with Gasteiger partial charge in [-0.1, -0.05) is 12.1 Å². The number of rotatable bonds is 3. The number of benzene rings is 2. The zero-order chi connectivity index (χ0) is 17.2. The van der Waals surface area contributed by atoms with Crippen molar-refractivity contribution in [2.24, 2.45) is 0 Å². The Bertz CT molecular complexity index is 862. The lowest BCUT2D eigenvalue weighted by Crippen LogP contribution is -2.13. The Labute approximate surface area is 133 Å². The number of tetrazole rings is 1. The van der Waals surface area contributed by atoms with E-state index in [1.165, 1.54) is 35.3 Å². The maximum absolute atomic E-state index is 12.7. The average molecular weight is 333 g/mol. The number of amides is 1. The molecule has 24 heavy (non-hydrogen) atoms. The van der Waals surface area contributed by atoms with Crippen LogP contribution in [0.15, 0.2) is 54.9 Å². The second kappa shape index (κ2) is 6.11. The summed E-state index contributed by atoms with van der Waals surface area (Å²) < 4.78 is 39.5. The number of carbonyl (C=O) groups is 1. The van der Waals surface area contributed by atoms with E-state index in [4.69, 9.17) is 0 Å². The normalized spacial score (nSPS) is 11.3. The third-order valence-electron chi connectivity index (χ3n) is 3.17. The van der Waals surface area contributed by atoms with Crippen molar-refractivity contribution in [3.63, 3.8) is 0 Å². The number of nitrogens with one attached hydrogen (secondary N) is 1. The fourth-order valence-electron chi connectivity index (χ4n) is 2.05. The van der Waals surface area contributed by atoms with Crippen LogP contribution in [0, 0.1) is 0 Å². The molecule has 1 aromatic heterocycles. The van der Waals surface area contributed by atoms with Crippen LogP contribution in [-0.2, 0) is 6.18 Å². The summed E-state index contributed by atoms with van der Waals surface area (Å²) >= 11 is 0. The highest BCUT2D eigenvalue weighted by atomic mass is 19.4. The topological polar surface area (TPSA) is 72.7 Å². The number of alkyl halides is 3. The van der Waals surface area contributed by atoms with Gasteiger partial charge in [0.15, 0.2) is 0 Å². The number of hydrogen-bond donors (Lipinski definition) is 1. The molecule has 0 saturated carbocycles. The molecule has 0 fully saturated rings. The molecule has 0 atom stereocenters. The highest BCUT2D eigenvalue weighted by Crippen LogP contribution is 2.30. The summed E-state index contributed by atoms with van der Waals surface area (Å²) in [6.07, 6.45) is -3.11. The van der Waals surface area contributed by atoms with Gasteiger partial charge in [-0.25, -0.2) is 4.68 Å². The van der Waals surface area contributed by atoms with Gasteiger partial charge in [-0.05, 0) is 46.8 Å². The fourth-order valence-corrected chi connectivity index (χ4v) is 2.05. The highest BCUT2D eigenvalue weighted by Gasteiger charge is 2.30. The molecule has 0 saturated heterocycles. The number of anilines is 1. The molecule has 122 valence electrons. The third-order valence-corrected chi connectivity index (χ3v) is 3.17. The minimum atomic E-state index is -4.47. The van der Waals surface area contributed by atoms with Crippen molar-refractivity contribution < 1.29 is 18.0 Å². The van der Waals surface area contributed by atoms with Crippen LogP contribution in [0.1, 0.15) is 15.9 Å². The van der Waals surface area contributed by atoms with Crippen LogP contribution in [0.25, 0.3) is 5.69 Å². The van der Waals surface area contributed by atoms with Gasteiger partial charge in [0.25, 0.3) is 5.91 Å². The van der Waals surface area contributed by atoms with E-state index in [0.29, 0.717) is 5.69 Å². The number of halogens is 3. The van der Waals surface area contributed by atoms with Crippen LogP contribution >= 0.6 is 0 Å². The summed E-state index contributed by atoms with van der Waals surface area (Å²) in [5, 5.41) is 13.1. The van der Waals surface area contributed by atoms with Gasteiger partial charge in [0.2, 0.25) is 0 Å². The van der Waals surface area contributed by atoms with E-state index in [1.54, 1.807) is 12.1 Å². The first-order valence-corrected chi connectivity index (χ1v) is 6.75. The number of carbonyl (C=O) groups excluding carboxylic acids is 1. The van der Waals surface area contributed by atoms with Crippen LogP contribution in [-0.4, -0.2) is 26.1 Å². The Kier molecular flexibility index (Phi) is 3.98. The summed E-state index contributed by atoms with van der Waals surface area (Å²) in [6.45, 7) is 0. The molecule has 3 rings (SSSR count). The second-order valence-electron chi connectivity index (χ2n) is 4.84. The SMILES string of the molecule is O=C(Nc1cccc(C(F)(F)F)c1)c1cccc(-n2cnnn2)c1. The van der Waals surface area contributed by atoms with Gasteiger partial charge in [-0.3, -0.25) is 4.79 Å². The summed E-state index contributed by atoms with van der Waals surface area (Å²) in [6, 6.07) is 10.8. The van der Waals surface area contributed by atoms with Crippen molar-refractivity contribution in [2.75, 3.05) is 5.32 Å². The maximum atomic E-state index is 12.7. The molecule has 0 aliphatic heterocycles. The zero-order valence-corrected chi connectivity index (χ0v) is 12.0. The Balaban J connectivity index is 1.82. The zero-order valence-electron chi connectivity index (χ0n) is 12.0. The molecule has 1 N–H and O–H groups in total. The Hall–Kier alpha value is -3.23. The maximum Gasteiger partial charge on any atom is 0.416 e. The molecule has 1 amide bonds. The van der Waals surface area contributed by atoms with Crippen molar-refractivity contribution in [3.8, 4) is 5.69 Å².